The molecule has 1 aliphatic heterocycles. The molecule has 24 heavy (non-hydrogen) atoms. The number of nitrogens with zero attached hydrogens (tertiary/aromatic N) is 1. The summed E-state index contributed by atoms with van der Waals surface area (Å²) in [6.07, 6.45) is 1.09. The van der Waals surface area contributed by atoms with Crippen LogP contribution in [0.4, 0.5) is 0 Å². The minimum Gasteiger partial charge on any atom is -0.452 e. The third-order valence-corrected chi connectivity index (χ3v) is 4.29. The molecule has 1 saturated heterocycles. The van der Waals surface area contributed by atoms with E-state index in [1.807, 2.05) is 67.6 Å². The van der Waals surface area contributed by atoms with Gasteiger partial charge >= 0.3 is 5.97 Å². The zero-order chi connectivity index (χ0) is 17.1. The highest BCUT2D eigenvalue weighted by Crippen LogP contribution is 2.30. The molecule has 122 valence electrons. The first-order chi connectivity index (χ1) is 11.6. The Morgan fingerprint density at radius 3 is 2.17 bits per heavy atom. The summed E-state index contributed by atoms with van der Waals surface area (Å²) in [4.78, 5) is 26.8. The quantitative estimate of drug-likeness (QED) is 0.485. The van der Waals surface area contributed by atoms with Crippen LogP contribution in [0, 0.1) is 0 Å². The van der Waals surface area contributed by atoms with Gasteiger partial charge in [-0.1, -0.05) is 60.7 Å². The molecular weight excluding hydrogens is 302 g/mol. The van der Waals surface area contributed by atoms with Crippen molar-refractivity contribution in [2.45, 2.75) is 19.1 Å². The Balaban J connectivity index is 1.99. The highest BCUT2D eigenvalue weighted by molar-refractivity contribution is 6.20. The molecule has 1 fully saturated rings. The molecule has 4 nitrogen and oxygen atoms in total. The van der Waals surface area contributed by atoms with E-state index in [9.17, 15) is 9.59 Å². The molecule has 1 amide bonds. The molecule has 0 spiro atoms. The van der Waals surface area contributed by atoms with Crippen molar-refractivity contribution >= 4 is 18.0 Å². The lowest BCUT2D eigenvalue weighted by atomic mass is 10.0. The number of cyclic esters (lactones) is 1. The third-order valence-electron chi connectivity index (χ3n) is 4.29. The van der Waals surface area contributed by atoms with Gasteiger partial charge in [0.1, 0.15) is 11.7 Å². The second-order valence-electron chi connectivity index (χ2n) is 5.86. The first-order valence-corrected chi connectivity index (χ1v) is 7.88. The summed E-state index contributed by atoms with van der Waals surface area (Å²) >= 11 is 0. The number of benzene rings is 2. The van der Waals surface area contributed by atoms with Crippen molar-refractivity contribution in [1.82, 2.24) is 4.90 Å². The van der Waals surface area contributed by atoms with Gasteiger partial charge in [-0.05, 0) is 24.1 Å². The summed E-state index contributed by atoms with van der Waals surface area (Å²) in [5.74, 6) is -0.913. The lowest BCUT2D eigenvalue weighted by Gasteiger charge is -2.28. The molecule has 0 N–H and O–H groups in total. The molecule has 2 aromatic carbocycles. The van der Waals surface area contributed by atoms with E-state index in [4.69, 9.17) is 4.74 Å². The molecule has 2 unspecified atom stereocenters. The SMILES string of the molecule is CC1C(c2ccccc2)OC(=O)/C(=C/c2ccccc2)C(=O)N1C. The van der Waals surface area contributed by atoms with E-state index in [0.29, 0.717) is 0 Å². The molecule has 0 radical (unpaired) electrons. The van der Waals surface area contributed by atoms with E-state index < -0.39 is 12.1 Å². The second kappa shape index (κ2) is 6.71. The van der Waals surface area contributed by atoms with E-state index in [2.05, 4.69) is 0 Å². The molecule has 1 heterocycles. The number of carbonyl (C=O) groups is 2. The first-order valence-electron chi connectivity index (χ1n) is 7.88. The summed E-state index contributed by atoms with van der Waals surface area (Å²) in [6.45, 7) is 1.88. The minimum atomic E-state index is -0.589. The molecule has 2 atom stereocenters. The fraction of sp³-hybridized carbons (Fsp3) is 0.200. The van der Waals surface area contributed by atoms with Crippen molar-refractivity contribution in [1.29, 1.82) is 0 Å². The van der Waals surface area contributed by atoms with Crippen molar-refractivity contribution < 1.29 is 14.3 Å². The zero-order valence-electron chi connectivity index (χ0n) is 13.7. The molecule has 1 aliphatic rings. The molecule has 2 aromatic rings. The number of likely N-dealkylation sites (N-methyl/N-ethyl adjacent to an activating group) is 1. The van der Waals surface area contributed by atoms with Gasteiger partial charge in [-0.25, -0.2) is 4.79 Å². The Kier molecular flexibility index (Phi) is 4.47. The van der Waals surface area contributed by atoms with E-state index in [1.165, 1.54) is 0 Å². The van der Waals surface area contributed by atoms with Gasteiger partial charge in [0.15, 0.2) is 0 Å². The minimum absolute atomic E-state index is 0.0500. The van der Waals surface area contributed by atoms with Gasteiger partial charge in [0.05, 0.1) is 6.04 Å². The van der Waals surface area contributed by atoms with Crippen LogP contribution in [0.25, 0.3) is 6.08 Å². The topological polar surface area (TPSA) is 46.6 Å². The number of hydrogen-bond donors (Lipinski definition) is 0. The average Bonchev–Trinajstić information content (AvgIpc) is 2.70. The lowest BCUT2D eigenvalue weighted by Crippen LogP contribution is -2.37. The molecule has 0 aliphatic carbocycles. The fourth-order valence-corrected chi connectivity index (χ4v) is 2.77. The van der Waals surface area contributed by atoms with Gasteiger partial charge in [0.2, 0.25) is 0 Å². The summed E-state index contributed by atoms with van der Waals surface area (Å²) in [5.41, 5.74) is 1.71. The van der Waals surface area contributed by atoms with E-state index in [-0.39, 0.29) is 17.5 Å². The molecule has 0 bridgehead atoms. The van der Waals surface area contributed by atoms with Crippen molar-refractivity contribution in [3.05, 3.63) is 77.4 Å². The third kappa shape index (κ3) is 3.08. The van der Waals surface area contributed by atoms with E-state index in [0.717, 1.165) is 11.1 Å². The van der Waals surface area contributed by atoms with Crippen LogP contribution < -0.4 is 0 Å². The van der Waals surface area contributed by atoms with Crippen LogP contribution in [0.3, 0.4) is 0 Å². The van der Waals surface area contributed by atoms with Crippen molar-refractivity contribution in [3.8, 4) is 0 Å². The first kappa shape index (κ1) is 16.0. The predicted molar refractivity (Wildman–Crippen MR) is 91.9 cm³/mol. The van der Waals surface area contributed by atoms with Crippen LogP contribution in [-0.4, -0.2) is 29.9 Å². The Morgan fingerprint density at radius 1 is 0.958 bits per heavy atom. The number of ether oxygens (including phenoxy) is 1. The predicted octanol–water partition coefficient (Wildman–Crippen LogP) is 3.22. The molecule has 4 heteroatoms. The van der Waals surface area contributed by atoms with Crippen LogP contribution >= 0.6 is 0 Å². The van der Waals surface area contributed by atoms with Gasteiger partial charge in [0.25, 0.3) is 5.91 Å². The monoisotopic (exact) mass is 321 g/mol. The Morgan fingerprint density at radius 2 is 1.54 bits per heavy atom. The Hall–Kier alpha value is -2.88. The maximum Gasteiger partial charge on any atom is 0.344 e. The van der Waals surface area contributed by atoms with Crippen LogP contribution in [0.1, 0.15) is 24.2 Å². The van der Waals surface area contributed by atoms with E-state index in [1.54, 1.807) is 18.0 Å². The maximum atomic E-state index is 12.7. The van der Waals surface area contributed by atoms with Crippen LogP contribution in [0.15, 0.2) is 66.2 Å². The molecule has 0 aromatic heterocycles. The molecule has 3 rings (SSSR count). The van der Waals surface area contributed by atoms with Gasteiger partial charge < -0.3 is 9.64 Å². The van der Waals surface area contributed by atoms with Crippen molar-refractivity contribution in [2.75, 3.05) is 7.05 Å². The summed E-state index contributed by atoms with van der Waals surface area (Å²) in [5, 5.41) is 0. The highest BCUT2D eigenvalue weighted by atomic mass is 16.5. The standard InChI is InChI=1S/C20H19NO3/c1-14-18(16-11-7-4-8-12-16)24-20(23)17(19(22)21(14)2)13-15-9-5-3-6-10-15/h3-14,18H,1-2H3/b17-13+. The van der Waals surface area contributed by atoms with Crippen LogP contribution in [0.2, 0.25) is 0 Å². The average molecular weight is 321 g/mol. The van der Waals surface area contributed by atoms with Gasteiger partial charge in [-0.2, -0.15) is 0 Å². The largest absolute Gasteiger partial charge is 0.452 e. The number of esters is 1. The summed E-state index contributed by atoms with van der Waals surface area (Å²) < 4.78 is 5.67. The van der Waals surface area contributed by atoms with Gasteiger partial charge in [-0.3, -0.25) is 4.79 Å². The molecule has 0 saturated carbocycles. The van der Waals surface area contributed by atoms with Crippen LogP contribution in [-0.2, 0) is 14.3 Å². The summed E-state index contributed by atoms with van der Waals surface area (Å²) in [7, 11) is 1.70. The Labute approximate surface area is 141 Å². The highest BCUT2D eigenvalue weighted by Gasteiger charge is 2.37. The number of amides is 1. The Bertz CT molecular complexity index is 768. The number of rotatable bonds is 2. The maximum absolute atomic E-state index is 12.7. The van der Waals surface area contributed by atoms with Gasteiger partial charge in [-0.15, -0.1) is 0 Å². The lowest BCUT2D eigenvalue weighted by molar-refractivity contribution is -0.145. The van der Waals surface area contributed by atoms with Crippen molar-refractivity contribution in [3.63, 3.8) is 0 Å². The van der Waals surface area contributed by atoms with Crippen molar-refractivity contribution in [2.24, 2.45) is 0 Å². The smallest absolute Gasteiger partial charge is 0.344 e. The van der Waals surface area contributed by atoms with Gasteiger partial charge in [0, 0.05) is 7.05 Å². The second-order valence-corrected chi connectivity index (χ2v) is 5.86. The van der Waals surface area contributed by atoms with Crippen LogP contribution in [0.5, 0.6) is 0 Å². The number of hydrogen-bond acceptors (Lipinski definition) is 3. The zero-order valence-corrected chi connectivity index (χ0v) is 13.7. The van der Waals surface area contributed by atoms with E-state index >= 15 is 0 Å². The molecular formula is C20H19NO3. The summed E-state index contributed by atoms with van der Waals surface area (Å²) in [6, 6.07) is 18.5. The number of carbonyl (C=O) groups excluding carboxylic acids is 2. The normalized spacial score (nSPS) is 23.1. The fourth-order valence-electron chi connectivity index (χ4n) is 2.77.